The summed E-state index contributed by atoms with van der Waals surface area (Å²) in [5.41, 5.74) is -4.07. The molecule has 0 aliphatic heterocycles. The predicted molar refractivity (Wildman–Crippen MR) is 127 cm³/mol. The number of hydrogen-bond donors (Lipinski definition) is 6. The summed E-state index contributed by atoms with van der Waals surface area (Å²) in [7, 11) is 0. The van der Waals surface area contributed by atoms with Crippen LogP contribution in [-0.2, 0) is 4.79 Å². The van der Waals surface area contributed by atoms with Crippen LogP contribution in [0.3, 0.4) is 0 Å². The molecule has 0 aromatic rings. The van der Waals surface area contributed by atoms with Gasteiger partial charge in [-0.25, -0.2) is 0 Å². The molecule has 0 saturated heterocycles. The van der Waals surface area contributed by atoms with Crippen LogP contribution in [0.25, 0.3) is 0 Å². The smallest absolute Gasteiger partial charge is 0.159 e. The first-order valence-corrected chi connectivity index (χ1v) is 12.9. The zero-order valence-electron chi connectivity index (χ0n) is 21.3. The van der Waals surface area contributed by atoms with Gasteiger partial charge in [0.05, 0.1) is 35.1 Å². The molecule has 0 unspecified atom stereocenters. The largest absolute Gasteiger partial charge is 0.390 e. The number of aliphatic hydroxyl groups excluding tert-OH is 3. The van der Waals surface area contributed by atoms with E-state index in [0.29, 0.717) is 32.1 Å². The second-order valence-electron chi connectivity index (χ2n) is 13.2. The average Bonchev–Trinajstić information content (AvgIpc) is 3.00. The van der Waals surface area contributed by atoms with Gasteiger partial charge in [-0.05, 0) is 101 Å². The van der Waals surface area contributed by atoms with E-state index >= 15 is 0 Å². The lowest BCUT2D eigenvalue weighted by Crippen LogP contribution is -2.61. The van der Waals surface area contributed by atoms with Gasteiger partial charge in [-0.15, -0.1) is 0 Å². The molecule has 34 heavy (non-hydrogen) atoms. The van der Waals surface area contributed by atoms with Crippen molar-refractivity contribution in [3.63, 3.8) is 0 Å². The highest BCUT2D eigenvalue weighted by molar-refractivity contribution is 5.95. The molecular formula is C27H44O7. The van der Waals surface area contributed by atoms with Crippen molar-refractivity contribution in [2.24, 2.45) is 28.6 Å². The van der Waals surface area contributed by atoms with Crippen molar-refractivity contribution in [3.8, 4) is 0 Å². The van der Waals surface area contributed by atoms with Crippen LogP contribution in [0.5, 0.6) is 0 Å². The van der Waals surface area contributed by atoms with Gasteiger partial charge in [0, 0.05) is 11.3 Å². The van der Waals surface area contributed by atoms with Gasteiger partial charge in [0.1, 0.15) is 0 Å². The molecule has 0 amide bonds. The number of allylic oxidation sites excluding steroid dienone is 1. The third-order valence-corrected chi connectivity index (χ3v) is 10.6. The van der Waals surface area contributed by atoms with Crippen molar-refractivity contribution in [3.05, 3.63) is 11.6 Å². The molecule has 4 aliphatic carbocycles. The van der Waals surface area contributed by atoms with Crippen LogP contribution in [0.15, 0.2) is 11.6 Å². The van der Waals surface area contributed by atoms with E-state index in [1.807, 2.05) is 13.8 Å². The highest BCUT2D eigenvalue weighted by atomic mass is 16.3. The molecule has 7 heteroatoms. The molecule has 3 saturated carbocycles. The molecule has 0 heterocycles. The molecule has 10 atom stereocenters. The van der Waals surface area contributed by atoms with E-state index in [2.05, 4.69) is 0 Å². The summed E-state index contributed by atoms with van der Waals surface area (Å²) in [4.78, 5) is 13.2. The van der Waals surface area contributed by atoms with Gasteiger partial charge in [-0.2, -0.15) is 0 Å². The third-order valence-electron chi connectivity index (χ3n) is 10.6. The highest BCUT2D eigenvalue weighted by Gasteiger charge is 2.68. The van der Waals surface area contributed by atoms with Crippen molar-refractivity contribution < 1.29 is 35.4 Å². The number of carbonyl (C=O) groups is 1. The van der Waals surface area contributed by atoms with Gasteiger partial charge in [0.25, 0.3) is 0 Å². The average molecular weight is 481 g/mol. The molecule has 0 radical (unpaired) electrons. The minimum absolute atomic E-state index is 0.0591. The molecule has 6 N–H and O–H groups in total. The number of ketones is 1. The Bertz CT molecular complexity index is 860. The van der Waals surface area contributed by atoms with Gasteiger partial charge in [-0.1, -0.05) is 13.8 Å². The summed E-state index contributed by atoms with van der Waals surface area (Å²) in [5, 5.41) is 64.8. The van der Waals surface area contributed by atoms with E-state index < -0.39 is 45.9 Å². The normalized spacial score (nSPS) is 47.2. The van der Waals surface area contributed by atoms with E-state index in [1.54, 1.807) is 26.8 Å². The number of carbonyl (C=O) groups excluding carboxylic acids is 1. The fraction of sp³-hybridized carbons (Fsp3) is 0.889. The Morgan fingerprint density at radius 1 is 1.06 bits per heavy atom. The maximum Gasteiger partial charge on any atom is 0.159 e. The van der Waals surface area contributed by atoms with Crippen molar-refractivity contribution in [2.45, 2.75) is 121 Å². The minimum Gasteiger partial charge on any atom is -0.390 e. The summed E-state index contributed by atoms with van der Waals surface area (Å²) in [6.07, 6.45) is 2.43. The van der Waals surface area contributed by atoms with Crippen LogP contribution in [0, 0.1) is 28.6 Å². The molecule has 0 bridgehead atoms. The zero-order valence-corrected chi connectivity index (χ0v) is 21.3. The van der Waals surface area contributed by atoms with Crippen LogP contribution in [0.1, 0.15) is 86.0 Å². The Morgan fingerprint density at radius 3 is 2.32 bits per heavy atom. The van der Waals surface area contributed by atoms with E-state index in [9.17, 15) is 35.4 Å². The van der Waals surface area contributed by atoms with Crippen LogP contribution >= 0.6 is 0 Å². The van der Waals surface area contributed by atoms with Crippen LogP contribution < -0.4 is 0 Å². The first-order valence-electron chi connectivity index (χ1n) is 12.9. The lowest BCUT2D eigenvalue weighted by molar-refractivity contribution is -0.161. The SMILES string of the molecule is CC(C)(O)[C@@H](O)CC[C@](C)(O)[C@H]1CC[C@@]2(O)C3=CC(=O)[C@@H]4C[C@@H](O)[C@@H](O)C[C@]4(C)[C@H]3CC[C@]12C. The standard InChI is InChI=1S/C27H44O7/c1-23(2,32)22(31)8-10-26(5,33)21-7-11-27(34)16-12-18(28)17-13-19(29)20(30)14-24(17,3)15(16)6-9-25(21,27)4/h12,15,17,19-22,29-34H,6-11,13-14H2,1-5H3/t15-,17-,19+,20-,21-,22-,24+,25+,26-,27+/m0/s1. The number of hydrogen-bond acceptors (Lipinski definition) is 7. The number of aliphatic hydroxyl groups is 6. The molecule has 4 aliphatic rings. The lowest BCUT2D eigenvalue weighted by Gasteiger charge is -2.60. The third kappa shape index (κ3) is 3.73. The topological polar surface area (TPSA) is 138 Å². The van der Waals surface area contributed by atoms with Crippen molar-refractivity contribution in [1.29, 1.82) is 0 Å². The fourth-order valence-electron chi connectivity index (χ4n) is 8.32. The summed E-state index contributed by atoms with van der Waals surface area (Å²) in [5.74, 6) is -0.742. The highest BCUT2D eigenvalue weighted by Crippen LogP contribution is 2.68. The maximum absolute atomic E-state index is 13.2. The van der Waals surface area contributed by atoms with Crippen molar-refractivity contribution >= 4 is 5.78 Å². The summed E-state index contributed by atoms with van der Waals surface area (Å²) >= 11 is 0. The molecular weight excluding hydrogens is 436 g/mol. The Morgan fingerprint density at radius 2 is 1.71 bits per heavy atom. The first kappa shape index (κ1) is 26.2. The molecule has 4 rings (SSSR count). The summed E-state index contributed by atoms with van der Waals surface area (Å²) in [6.45, 7) is 8.89. The van der Waals surface area contributed by atoms with E-state index in [0.717, 1.165) is 12.0 Å². The van der Waals surface area contributed by atoms with E-state index in [-0.39, 0.29) is 36.4 Å². The quantitative estimate of drug-likeness (QED) is 0.353. The summed E-state index contributed by atoms with van der Waals surface area (Å²) in [6, 6.07) is 0. The Hall–Kier alpha value is -0.830. The zero-order chi connectivity index (χ0) is 25.5. The number of rotatable bonds is 5. The Balaban J connectivity index is 1.64. The fourth-order valence-corrected chi connectivity index (χ4v) is 8.32. The summed E-state index contributed by atoms with van der Waals surface area (Å²) < 4.78 is 0. The van der Waals surface area contributed by atoms with Gasteiger partial charge in [0.2, 0.25) is 0 Å². The van der Waals surface area contributed by atoms with Gasteiger partial charge < -0.3 is 30.6 Å². The predicted octanol–water partition coefficient (Wildman–Crippen LogP) is 1.85. The Labute approximate surface area is 202 Å². The molecule has 0 spiro atoms. The number of fused-ring (bicyclic) bond motifs is 5. The molecule has 0 aromatic carbocycles. The second-order valence-corrected chi connectivity index (χ2v) is 13.2. The van der Waals surface area contributed by atoms with Gasteiger partial charge in [0.15, 0.2) is 5.78 Å². The van der Waals surface area contributed by atoms with Crippen molar-refractivity contribution in [1.82, 2.24) is 0 Å². The minimum atomic E-state index is -1.26. The van der Waals surface area contributed by atoms with Gasteiger partial charge >= 0.3 is 0 Å². The first-order chi connectivity index (χ1) is 15.5. The van der Waals surface area contributed by atoms with Crippen LogP contribution in [0.2, 0.25) is 0 Å². The van der Waals surface area contributed by atoms with Gasteiger partial charge in [-0.3, -0.25) is 4.79 Å². The van der Waals surface area contributed by atoms with Crippen LogP contribution in [0.4, 0.5) is 0 Å². The lowest BCUT2D eigenvalue weighted by atomic mass is 9.45. The molecule has 194 valence electrons. The second kappa shape index (κ2) is 8.09. The molecule has 7 nitrogen and oxygen atoms in total. The monoisotopic (exact) mass is 480 g/mol. The van der Waals surface area contributed by atoms with E-state index in [4.69, 9.17) is 0 Å². The van der Waals surface area contributed by atoms with Crippen molar-refractivity contribution in [2.75, 3.05) is 0 Å². The molecule has 3 fully saturated rings. The maximum atomic E-state index is 13.2. The molecule has 0 aromatic heterocycles. The van der Waals surface area contributed by atoms with Crippen LogP contribution in [-0.4, -0.2) is 71.5 Å². The van der Waals surface area contributed by atoms with E-state index in [1.165, 1.54) is 0 Å². The Kier molecular flexibility index (Phi) is 6.24.